The maximum absolute atomic E-state index is 12.0. The van der Waals surface area contributed by atoms with E-state index in [2.05, 4.69) is 16.0 Å². The number of para-hydroxylation sites is 2. The molecule has 28 heavy (non-hydrogen) atoms. The fourth-order valence-electron chi connectivity index (χ4n) is 2.35. The van der Waals surface area contributed by atoms with E-state index in [0.29, 0.717) is 27.8 Å². The molecule has 142 valence electrons. The number of carbonyl (C=O) groups is 2. The Morgan fingerprint density at radius 1 is 0.714 bits per heavy atom. The summed E-state index contributed by atoms with van der Waals surface area (Å²) in [5.74, 6) is 0.130. The predicted molar refractivity (Wildman–Crippen MR) is 111 cm³/mol. The van der Waals surface area contributed by atoms with Crippen molar-refractivity contribution in [2.75, 3.05) is 22.6 Å². The first-order chi connectivity index (χ1) is 13.6. The Bertz CT molecular complexity index is 947. The van der Waals surface area contributed by atoms with E-state index in [9.17, 15) is 9.59 Å². The number of benzene rings is 3. The number of halogens is 1. The van der Waals surface area contributed by atoms with Gasteiger partial charge in [0.2, 0.25) is 0 Å². The largest absolute Gasteiger partial charge is 0.482 e. The average Bonchev–Trinajstić information content (AvgIpc) is 2.69. The molecular weight excluding hydrogens is 378 g/mol. The standard InChI is InChI=1S/C21H18ClN3O3/c22-18-8-4-5-9-19(18)28-14-20(26)23-16-10-12-17(13-11-16)25-21(27)24-15-6-2-1-3-7-15/h1-13H,14H2,(H,23,26)(H2,24,25,27). The van der Waals surface area contributed by atoms with E-state index in [1.165, 1.54) is 0 Å². The highest BCUT2D eigenvalue weighted by Gasteiger charge is 2.07. The zero-order valence-electron chi connectivity index (χ0n) is 14.8. The van der Waals surface area contributed by atoms with Gasteiger partial charge in [0.1, 0.15) is 5.75 Å². The average molecular weight is 396 g/mol. The maximum atomic E-state index is 12.0. The summed E-state index contributed by atoms with van der Waals surface area (Å²) < 4.78 is 5.39. The SMILES string of the molecule is O=C(COc1ccccc1Cl)Nc1ccc(NC(=O)Nc2ccccc2)cc1. The zero-order chi connectivity index (χ0) is 19.8. The van der Waals surface area contributed by atoms with Gasteiger partial charge in [-0.15, -0.1) is 0 Å². The third-order valence-electron chi connectivity index (χ3n) is 3.65. The van der Waals surface area contributed by atoms with Crippen LogP contribution in [0.25, 0.3) is 0 Å². The van der Waals surface area contributed by atoms with E-state index >= 15 is 0 Å². The van der Waals surface area contributed by atoms with Gasteiger partial charge < -0.3 is 20.7 Å². The minimum absolute atomic E-state index is 0.163. The maximum Gasteiger partial charge on any atom is 0.323 e. The summed E-state index contributed by atoms with van der Waals surface area (Å²) in [7, 11) is 0. The van der Waals surface area contributed by atoms with Gasteiger partial charge in [-0.3, -0.25) is 4.79 Å². The molecule has 0 saturated carbocycles. The van der Waals surface area contributed by atoms with Gasteiger partial charge in [-0.1, -0.05) is 41.9 Å². The summed E-state index contributed by atoms with van der Waals surface area (Å²) in [4.78, 5) is 24.0. The van der Waals surface area contributed by atoms with Crippen LogP contribution in [0.3, 0.4) is 0 Å². The molecule has 3 aromatic rings. The van der Waals surface area contributed by atoms with Crippen molar-refractivity contribution in [3.63, 3.8) is 0 Å². The summed E-state index contributed by atoms with van der Waals surface area (Å²) in [6.45, 7) is -0.163. The highest BCUT2D eigenvalue weighted by Crippen LogP contribution is 2.23. The molecule has 6 nitrogen and oxygen atoms in total. The first-order valence-electron chi connectivity index (χ1n) is 8.50. The number of ether oxygens (including phenoxy) is 1. The second-order valence-corrected chi connectivity index (χ2v) is 6.20. The van der Waals surface area contributed by atoms with Gasteiger partial charge in [-0.2, -0.15) is 0 Å². The van der Waals surface area contributed by atoms with Crippen LogP contribution in [-0.4, -0.2) is 18.5 Å². The van der Waals surface area contributed by atoms with Crippen molar-refractivity contribution in [3.05, 3.63) is 83.9 Å². The second kappa shape index (κ2) is 9.43. The normalized spacial score (nSPS) is 10.0. The molecule has 0 aromatic heterocycles. The Balaban J connectivity index is 1.48. The minimum Gasteiger partial charge on any atom is -0.482 e. The molecule has 0 saturated heterocycles. The first kappa shape index (κ1) is 19.3. The highest BCUT2D eigenvalue weighted by molar-refractivity contribution is 6.32. The summed E-state index contributed by atoms with van der Waals surface area (Å²) in [5.41, 5.74) is 1.88. The van der Waals surface area contributed by atoms with Crippen LogP contribution >= 0.6 is 11.6 Å². The number of anilines is 3. The van der Waals surface area contributed by atoms with Crippen LogP contribution in [0, 0.1) is 0 Å². The molecule has 0 aliphatic carbocycles. The van der Waals surface area contributed by atoms with Crippen LogP contribution in [0.2, 0.25) is 5.02 Å². The molecule has 0 fully saturated rings. The Morgan fingerprint density at radius 2 is 1.25 bits per heavy atom. The minimum atomic E-state index is -0.351. The van der Waals surface area contributed by atoms with Gasteiger partial charge in [0.15, 0.2) is 6.61 Å². The van der Waals surface area contributed by atoms with Crippen molar-refractivity contribution in [3.8, 4) is 5.75 Å². The van der Waals surface area contributed by atoms with Crippen molar-refractivity contribution in [1.82, 2.24) is 0 Å². The summed E-state index contributed by atoms with van der Waals surface area (Å²) in [6, 6.07) is 22.5. The van der Waals surface area contributed by atoms with Gasteiger partial charge >= 0.3 is 6.03 Å². The van der Waals surface area contributed by atoms with E-state index in [4.69, 9.17) is 16.3 Å². The Morgan fingerprint density at radius 3 is 1.89 bits per heavy atom. The molecule has 3 rings (SSSR count). The molecule has 0 atom stereocenters. The van der Waals surface area contributed by atoms with E-state index in [-0.39, 0.29) is 18.5 Å². The number of carbonyl (C=O) groups excluding carboxylic acids is 2. The summed E-state index contributed by atoms with van der Waals surface area (Å²) in [5, 5.41) is 8.61. The molecule has 0 bridgehead atoms. The molecular formula is C21H18ClN3O3. The molecule has 7 heteroatoms. The summed E-state index contributed by atoms with van der Waals surface area (Å²) >= 11 is 5.98. The molecule has 0 radical (unpaired) electrons. The fourth-order valence-corrected chi connectivity index (χ4v) is 2.54. The lowest BCUT2D eigenvalue weighted by Crippen LogP contribution is -2.20. The van der Waals surface area contributed by atoms with Gasteiger partial charge in [-0.25, -0.2) is 4.79 Å². The van der Waals surface area contributed by atoms with Crippen LogP contribution < -0.4 is 20.7 Å². The van der Waals surface area contributed by atoms with Crippen molar-refractivity contribution in [1.29, 1.82) is 0 Å². The van der Waals surface area contributed by atoms with E-state index < -0.39 is 0 Å². The number of hydrogen-bond donors (Lipinski definition) is 3. The lowest BCUT2D eigenvalue weighted by molar-refractivity contribution is -0.118. The Hall–Kier alpha value is -3.51. The Kier molecular flexibility index (Phi) is 6.49. The lowest BCUT2D eigenvalue weighted by atomic mass is 10.2. The third kappa shape index (κ3) is 5.75. The van der Waals surface area contributed by atoms with Crippen molar-refractivity contribution in [2.45, 2.75) is 0 Å². The smallest absolute Gasteiger partial charge is 0.323 e. The molecule has 3 aromatic carbocycles. The van der Waals surface area contributed by atoms with E-state index in [1.54, 1.807) is 60.7 Å². The van der Waals surface area contributed by atoms with Crippen LogP contribution in [0.4, 0.5) is 21.9 Å². The number of nitrogens with one attached hydrogen (secondary N) is 3. The molecule has 0 aliphatic rings. The van der Waals surface area contributed by atoms with Gasteiger partial charge in [0, 0.05) is 17.1 Å². The summed E-state index contributed by atoms with van der Waals surface area (Å²) in [6.07, 6.45) is 0. The Labute approximate surface area is 167 Å². The topological polar surface area (TPSA) is 79.5 Å². The van der Waals surface area contributed by atoms with Crippen LogP contribution in [0.1, 0.15) is 0 Å². The predicted octanol–water partition coefficient (Wildman–Crippen LogP) is 5.00. The quantitative estimate of drug-likeness (QED) is 0.549. The third-order valence-corrected chi connectivity index (χ3v) is 3.97. The van der Waals surface area contributed by atoms with Gasteiger partial charge in [-0.05, 0) is 48.5 Å². The lowest BCUT2D eigenvalue weighted by Gasteiger charge is -2.10. The van der Waals surface area contributed by atoms with Gasteiger partial charge in [0.05, 0.1) is 5.02 Å². The van der Waals surface area contributed by atoms with Gasteiger partial charge in [0.25, 0.3) is 5.91 Å². The number of hydrogen-bond acceptors (Lipinski definition) is 3. The van der Waals surface area contributed by atoms with E-state index in [1.807, 2.05) is 18.2 Å². The molecule has 3 N–H and O–H groups in total. The van der Waals surface area contributed by atoms with E-state index in [0.717, 1.165) is 0 Å². The molecule has 3 amide bonds. The van der Waals surface area contributed by atoms with Crippen molar-refractivity contribution >= 4 is 40.6 Å². The number of urea groups is 1. The highest BCUT2D eigenvalue weighted by atomic mass is 35.5. The number of rotatable bonds is 6. The molecule has 0 spiro atoms. The van der Waals surface area contributed by atoms with Crippen LogP contribution in [0.15, 0.2) is 78.9 Å². The molecule has 0 heterocycles. The first-order valence-corrected chi connectivity index (χ1v) is 8.88. The second-order valence-electron chi connectivity index (χ2n) is 5.79. The molecule has 0 unspecified atom stereocenters. The monoisotopic (exact) mass is 395 g/mol. The number of amides is 3. The van der Waals surface area contributed by atoms with Crippen LogP contribution in [-0.2, 0) is 4.79 Å². The molecule has 0 aliphatic heterocycles. The van der Waals surface area contributed by atoms with Crippen molar-refractivity contribution in [2.24, 2.45) is 0 Å². The fraction of sp³-hybridized carbons (Fsp3) is 0.0476. The van der Waals surface area contributed by atoms with Crippen molar-refractivity contribution < 1.29 is 14.3 Å². The zero-order valence-corrected chi connectivity index (χ0v) is 15.6. The van der Waals surface area contributed by atoms with Crippen LogP contribution in [0.5, 0.6) is 5.75 Å².